The lowest BCUT2D eigenvalue weighted by Gasteiger charge is -2.14. The number of hydrogen-bond acceptors (Lipinski definition) is 7. The number of thioether (sulfide) groups is 1. The van der Waals surface area contributed by atoms with Crippen molar-refractivity contribution in [3.63, 3.8) is 0 Å². The summed E-state index contributed by atoms with van der Waals surface area (Å²) in [5.74, 6) is 0.923. The Kier molecular flexibility index (Phi) is 7.90. The van der Waals surface area contributed by atoms with Gasteiger partial charge in [-0.2, -0.15) is 0 Å². The van der Waals surface area contributed by atoms with Crippen molar-refractivity contribution in [2.75, 3.05) is 26.9 Å². The van der Waals surface area contributed by atoms with E-state index in [0.717, 1.165) is 16.7 Å². The first-order chi connectivity index (χ1) is 14.9. The van der Waals surface area contributed by atoms with E-state index in [-0.39, 0.29) is 34.8 Å². The van der Waals surface area contributed by atoms with Crippen LogP contribution in [0.2, 0.25) is 0 Å². The van der Waals surface area contributed by atoms with Gasteiger partial charge in [-0.3, -0.25) is 14.5 Å². The van der Waals surface area contributed by atoms with Gasteiger partial charge in [0, 0.05) is 4.47 Å². The number of amides is 2. The van der Waals surface area contributed by atoms with E-state index in [4.69, 9.17) is 14.2 Å². The summed E-state index contributed by atoms with van der Waals surface area (Å²) in [4.78, 5) is 26.6. The summed E-state index contributed by atoms with van der Waals surface area (Å²) in [6, 6.07) is 8.76. The van der Waals surface area contributed by atoms with Gasteiger partial charge in [0.1, 0.15) is 6.61 Å². The number of nitrogens with zero attached hydrogens (tertiary/aromatic N) is 1. The summed E-state index contributed by atoms with van der Waals surface area (Å²) in [6.07, 6.45) is 1.59. The van der Waals surface area contributed by atoms with E-state index in [9.17, 15) is 14.7 Å². The maximum absolute atomic E-state index is 12.8. The van der Waals surface area contributed by atoms with Gasteiger partial charge >= 0.3 is 0 Å². The molecule has 0 spiro atoms. The monoisotopic (exact) mass is 571 g/mol. The van der Waals surface area contributed by atoms with Crippen LogP contribution in [0.3, 0.4) is 0 Å². The van der Waals surface area contributed by atoms with Crippen molar-refractivity contribution >= 4 is 60.8 Å². The average Bonchev–Trinajstić information content (AvgIpc) is 3.03. The van der Waals surface area contributed by atoms with Crippen LogP contribution >= 0.6 is 43.6 Å². The number of ether oxygens (including phenoxy) is 3. The first kappa shape index (κ1) is 23.5. The molecular formula is C21H19Br2NO6S. The Morgan fingerprint density at radius 1 is 1.10 bits per heavy atom. The third-order valence-electron chi connectivity index (χ3n) is 4.28. The zero-order valence-corrected chi connectivity index (χ0v) is 20.7. The molecule has 1 aliphatic rings. The van der Waals surface area contributed by atoms with Crippen molar-refractivity contribution in [3.8, 4) is 23.0 Å². The molecule has 0 saturated carbocycles. The zero-order chi connectivity index (χ0) is 22.5. The van der Waals surface area contributed by atoms with Crippen molar-refractivity contribution in [3.05, 3.63) is 49.7 Å². The highest BCUT2D eigenvalue weighted by atomic mass is 79.9. The van der Waals surface area contributed by atoms with Crippen LogP contribution in [-0.4, -0.2) is 48.0 Å². The van der Waals surface area contributed by atoms with E-state index in [1.165, 1.54) is 0 Å². The highest BCUT2D eigenvalue weighted by Crippen LogP contribution is 2.43. The number of methoxy groups -OCH3 is 1. The molecule has 3 rings (SSSR count). The normalized spacial score (nSPS) is 15.0. The molecule has 7 nitrogen and oxygen atoms in total. The van der Waals surface area contributed by atoms with E-state index in [0.29, 0.717) is 32.6 Å². The Balaban J connectivity index is 1.75. The van der Waals surface area contributed by atoms with E-state index in [1.807, 2.05) is 12.1 Å². The molecule has 2 amide bonds. The molecule has 2 aromatic carbocycles. The first-order valence-electron chi connectivity index (χ1n) is 9.22. The van der Waals surface area contributed by atoms with Gasteiger partial charge in [-0.25, -0.2) is 0 Å². The second-order valence-electron chi connectivity index (χ2n) is 6.21. The van der Waals surface area contributed by atoms with Crippen molar-refractivity contribution in [2.24, 2.45) is 0 Å². The molecule has 0 radical (unpaired) electrons. The van der Waals surface area contributed by atoms with Gasteiger partial charge in [0.25, 0.3) is 11.1 Å². The van der Waals surface area contributed by atoms with Gasteiger partial charge in [0.2, 0.25) is 0 Å². The number of hydrogen-bond donors (Lipinski definition) is 1. The third kappa shape index (κ3) is 5.19. The molecule has 0 bridgehead atoms. The molecule has 164 valence electrons. The fraction of sp³-hybridized carbons (Fsp3) is 0.238. The lowest BCUT2D eigenvalue weighted by Crippen LogP contribution is -2.32. The Morgan fingerprint density at radius 2 is 1.81 bits per heavy atom. The van der Waals surface area contributed by atoms with Crippen molar-refractivity contribution in [2.45, 2.75) is 6.92 Å². The van der Waals surface area contributed by atoms with Crippen LogP contribution in [0.5, 0.6) is 23.0 Å². The fourth-order valence-corrected chi connectivity index (χ4v) is 4.50. The third-order valence-corrected chi connectivity index (χ3v) is 7.34. The molecule has 1 aliphatic heterocycles. The lowest BCUT2D eigenvalue weighted by molar-refractivity contribution is -0.123. The standard InChI is InChI=1S/C21H19Br2NO6S/c1-3-29-15-10-12(17(22)18(23)19(15)25)11-16-20(26)24(21(27)31-16)8-9-30-14-7-5-4-6-13(14)28-2/h4-7,10-11,25H,3,8-9H2,1-2H3/b16-11-. The molecule has 1 fully saturated rings. The number of imide groups is 1. The van der Waals surface area contributed by atoms with Crippen molar-refractivity contribution < 1.29 is 28.9 Å². The number of carbonyl (C=O) groups is 2. The van der Waals surface area contributed by atoms with Gasteiger partial charge in [-0.05, 0) is 80.4 Å². The largest absolute Gasteiger partial charge is 0.503 e. The Morgan fingerprint density at radius 3 is 2.48 bits per heavy atom. The molecule has 0 atom stereocenters. The van der Waals surface area contributed by atoms with E-state index >= 15 is 0 Å². The summed E-state index contributed by atoms with van der Waals surface area (Å²) < 4.78 is 17.3. The molecule has 0 unspecified atom stereocenters. The van der Waals surface area contributed by atoms with Gasteiger partial charge < -0.3 is 19.3 Å². The minimum Gasteiger partial charge on any atom is -0.503 e. The Bertz CT molecular complexity index is 1040. The lowest BCUT2D eigenvalue weighted by atomic mass is 10.2. The molecule has 1 N–H and O–H groups in total. The number of halogens is 2. The second-order valence-corrected chi connectivity index (χ2v) is 8.79. The maximum Gasteiger partial charge on any atom is 0.293 e. The van der Waals surface area contributed by atoms with Crippen LogP contribution in [0.4, 0.5) is 4.79 Å². The maximum atomic E-state index is 12.8. The highest BCUT2D eigenvalue weighted by molar-refractivity contribution is 9.13. The number of carbonyl (C=O) groups excluding carboxylic acids is 2. The molecular weight excluding hydrogens is 554 g/mol. The topological polar surface area (TPSA) is 85.3 Å². The van der Waals surface area contributed by atoms with Crippen molar-refractivity contribution in [1.29, 1.82) is 0 Å². The Hall–Kier alpha value is -2.17. The summed E-state index contributed by atoms with van der Waals surface area (Å²) in [5.41, 5.74) is 0.587. The highest BCUT2D eigenvalue weighted by Gasteiger charge is 2.35. The first-order valence-corrected chi connectivity index (χ1v) is 11.6. The van der Waals surface area contributed by atoms with Crippen LogP contribution in [0.15, 0.2) is 44.2 Å². The molecule has 0 aromatic heterocycles. The predicted octanol–water partition coefficient (Wildman–Crippen LogP) is 5.44. The summed E-state index contributed by atoms with van der Waals surface area (Å²) in [7, 11) is 1.54. The number of phenolic OH excluding ortho intramolecular Hbond substituents is 1. The number of benzene rings is 2. The van der Waals surface area contributed by atoms with E-state index in [2.05, 4.69) is 31.9 Å². The van der Waals surface area contributed by atoms with Gasteiger partial charge in [0.15, 0.2) is 23.0 Å². The fourth-order valence-electron chi connectivity index (χ4n) is 2.80. The molecule has 1 saturated heterocycles. The predicted molar refractivity (Wildman–Crippen MR) is 126 cm³/mol. The summed E-state index contributed by atoms with van der Waals surface area (Å²) in [5, 5.41) is 9.80. The average molecular weight is 573 g/mol. The summed E-state index contributed by atoms with van der Waals surface area (Å²) >= 11 is 7.55. The van der Waals surface area contributed by atoms with Crippen LogP contribution in [0, 0.1) is 0 Å². The molecule has 2 aromatic rings. The van der Waals surface area contributed by atoms with Crippen LogP contribution in [0.25, 0.3) is 6.08 Å². The zero-order valence-electron chi connectivity index (χ0n) is 16.7. The van der Waals surface area contributed by atoms with Crippen molar-refractivity contribution in [1.82, 2.24) is 4.90 Å². The number of rotatable bonds is 8. The molecule has 10 heteroatoms. The molecule has 31 heavy (non-hydrogen) atoms. The van der Waals surface area contributed by atoms with E-state index < -0.39 is 5.91 Å². The van der Waals surface area contributed by atoms with Gasteiger partial charge in [-0.15, -0.1) is 0 Å². The summed E-state index contributed by atoms with van der Waals surface area (Å²) in [6.45, 7) is 2.40. The SMILES string of the molecule is CCOc1cc(/C=C2\SC(=O)N(CCOc3ccccc3OC)C2=O)c(Br)c(Br)c1O. The van der Waals surface area contributed by atoms with Gasteiger partial charge in [0.05, 0.1) is 29.6 Å². The smallest absolute Gasteiger partial charge is 0.293 e. The number of para-hydroxylation sites is 2. The number of phenols is 1. The second kappa shape index (κ2) is 10.4. The quantitative estimate of drug-likeness (QED) is 0.421. The van der Waals surface area contributed by atoms with Crippen LogP contribution < -0.4 is 14.2 Å². The molecule has 0 aliphatic carbocycles. The molecule has 1 heterocycles. The van der Waals surface area contributed by atoms with Crippen LogP contribution in [-0.2, 0) is 4.79 Å². The number of aromatic hydroxyl groups is 1. The minimum absolute atomic E-state index is 0.0486. The Labute approximate surface area is 200 Å². The van der Waals surface area contributed by atoms with Crippen LogP contribution in [0.1, 0.15) is 12.5 Å². The minimum atomic E-state index is -0.410. The van der Waals surface area contributed by atoms with E-state index in [1.54, 1.807) is 38.3 Å². The van der Waals surface area contributed by atoms with Gasteiger partial charge in [-0.1, -0.05) is 12.1 Å².